The molecule has 0 bridgehead atoms. The smallest absolute Gasteiger partial charge is 0.288 e. The lowest BCUT2D eigenvalue weighted by molar-refractivity contribution is 0.0934. The fraction of sp³-hybridized carbons (Fsp3) is 0.647. The van der Waals surface area contributed by atoms with Gasteiger partial charge in [0.25, 0.3) is 17.2 Å². The third-order valence-corrected chi connectivity index (χ3v) is 5.13. The summed E-state index contributed by atoms with van der Waals surface area (Å²) in [5.41, 5.74) is 0.936. The summed E-state index contributed by atoms with van der Waals surface area (Å²) in [6.45, 7) is 4.81. The van der Waals surface area contributed by atoms with Crippen LogP contribution in [-0.4, -0.2) is 56.6 Å². The Labute approximate surface area is 146 Å². The minimum atomic E-state index is -0.322. The number of carbonyl (C=O) groups is 1. The normalized spacial score (nSPS) is 15.8. The number of likely N-dealkylation sites (N-methyl/N-ethyl adjacent to an activating group) is 1. The molecule has 2 aromatic rings. The van der Waals surface area contributed by atoms with Crippen LogP contribution in [0.15, 0.2) is 4.79 Å². The standard InChI is InChI=1S/C17H26N6O2/c1-11-12(2)19-17-20-14(21-23(17)16(11)25)15(24)18-9-10-22(3)13-7-5-4-6-8-13/h13H,4-10H2,1-3H3,(H,18,24)(H,19,20,21). The summed E-state index contributed by atoms with van der Waals surface area (Å²) in [6, 6.07) is 0.616. The van der Waals surface area contributed by atoms with E-state index in [1.807, 2.05) is 0 Å². The van der Waals surface area contributed by atoms with Crippen LogP contribution < -0.4 is 10.9 Å². The van der Waals surface area contributed by atoms with E-state index in [2.05, 4.69) is 32.3 Å². The number of amides is 1. The molecule has 8 nitrogen and oxygen atoms in total. The Morgan fingerprint density at radius 2 is 2.00 bits per heavy atom. The number of hydrogen-bond donors (Lipinski definition) is 2. The number of nitrogens with zero attached hydrogens (tertiary/aromatic N) is 4. The highest BCUT2D eigenvalue weighted by Crippen LogP contribution is 2.21. The number of hydrogen-bond acceptors (Lipinski definition) is 5. The van der Waals surface area contributed by atoms with Crippen molar-refractivity contribution in [2.45, 2.75) is 52.0 Å². The van der Waals surface area contributed by atoms with Gasteiger partial charge in [-0.15, -0.1) is 0 Å². The van der Waals surface area contributed by atoms with Crippen LogP contribution in [0.1, 0.15) is 54.0 Å². The molecule has 1 fully saturated rings. The molecule has 2 aromatic heterocycles. The Morgan fingerprint density at radius 3 is 2.72 bits per heavy atom. The van der Waals surface area contributed by atoms with Crippen LogP contribution in [0, 0.1) is 13.8 Å². The molecule has 0 saturated heterocycles. The lowest BCUT2D eigenvalue weighted by Crippen LogP contribution is -2.39. The van der Waals surface area contributed by atoms with Crippen molar-refractivity contribution in [1.29, 1.82) is 0 Å². The van der Waals surface area contributed by atoms with E-state index < -0.39 is 0 Å². The molecule has 8 heteroatoms. The molecule has 0 atom stereocenters. The highest BCUT2D eigenvalue weighted by molar-refractivity contribution is 5.90. The molecule has 0 aromatic carbocycles. The van der Waals surface area contributed by atoms with E-state index in [0.29, 0.717) is 23.8 Å². The van der Waals surface area contributed by atoms with Crippen molar-refractivity contribution in [2.24, 2.45) is 0 Å². The number of rotatable bonds is 5. The summed E-state index contributed by atoms with van der Waals surface area (Å²) in [5.74, 6) is 0.00439. The molecule has 25 heavy (non-hydrogen) atoms. The van der Waals surface area contributed by atoms with E-state index >= 15 is 0 Å². The Morgan fingerprint density at radius 1 is 1.28 bits per heavy atom. The number of aromatic nitrogens is 4. The van der Waals surface area contributed by atoms with Crippen molar-refractivity contribution >= 4 is 11.7 Å². The van der Waals surface area contributed by atoms with Crippen LogP contribution >= 0.6 is 0 Å². The molecule has 136 valence electrons. The van der Waals surface area contributed by atoms with Crippen molar-refractivity contribution in [3.05, 3.63) is 27.4 Å². The second-order valence-electron chi connectivity index (χ2n) is 6.86. The van der Waals surface area contributed by atoms with Gasteiger partial charge in [0, 0.05) is 30.4 Å². The Bertz CT molecular complexity index is 818. The van der Waals surface area contributed by atoms with Crippen LogP contribution in [0.4, 0.5) is 0 Å². The molecule has 3 rings (SSSR count). The molecule has 0 aliphatic heterocycles. The van der Waals surface area contributed by atoms with Gasteiger partial charge in [0.1, 0.15) is 0 Å². The third kappa shape index (κ3) is 3.73. The van der Waals surface area contributed by atoms with Gasteiger partial charge in [-0.05, 0) is 33.7 Å². The lowest BCUT2D eigenvalue weighted by Gasteiger charge is -2.31. The molecular formula is C17H26N6O2. The first kappa shape index (κ1) is 17.6. The van der Waals surface area contributed by atoms with Crippen molar-refractivity contribution < 1.29 is 4.79 Å². The summed E-state index contributed by atoms with van der Waals surface area (Å²) < 4.78 is 1.21. The molecule has 2 heterocycles. The van der Waals surface area contributed by atoms with Crippen LogP contribution in [0.25, 0.3) is 5.78 Å². The van der Waals surface area contributed by atoms with E-state index in [0.717, 1.165) is 6.54 Å². The summed E-state index contributed by atoms with van der Waals surface area (Å²) >= 11 is 0. The zero-order valence-corrected chi connectivity index (χ0v) is 15.1. The second kappa shape index (κ2) is 7.35. The van der Waals surface area contributed by atoms with Crippen molar-refractivity contribution in [3.63, 3.8) is 0 Å². The molecule has 0 radical (unpaired) electrons. The number of H-pyrrole nitrogens is 1. The van der Waals surface area contributed by atoms with Crippen LogP contribution in [0.3, 0.4) is 0 Å². The molecule has 1 saturated carbocycles. The first-order valence-electron chi connectivity index (χ1n) is 8.92. The van der Waals surface area contributed by atoms with Gasteiger partial charge >= 0.3 is 0 Å². The Hall–Kier alpha value is -2.22. The molecule has 1 aliphatic rings. The Kier molecular flexibility index (Phi) is 5.17. The van der Waals surface area contributed by atoms with Gasteiger partial charge in [-0.2, -0.15) is 9.50 Å². The molecule has 0 spiro atoms. The van der Waals surface area contributed by atoms with Crippen LogP contribution in [0.5, 0.6) is 0 Å². The number of fused-ring (bicyclic) bond motifs is 1. The zero-order chi connectivity index (χ0) is 18.0. The van der Waals surface area contributed by atoms with Crippen LogP contribution in [-0.2, 0) is 0 Å². The summed E-state index contributed by atoms with van der Waals surface area (Å²) in [4.78, 5) is 35.2. The molecular weight excluding hydrogens is 320 g/mol. The van der Waals surface area contributed by atoms with E-state index in [1.54, 1.807) is 13.8 Å². The summed E-state index contributed by atoms with van der Waals surface area (Å²) in [6.07, 6.45) is 6.39. The number of nitrogens with one attached hydrogen (secondary N) is 2. The topological polar surface area (TPSA) is 95.4 Å². The molecule has 2 N–H and O–H groups in total. The van der Waals surface area contributed by atoms with Crippen molar-refractivity contribution in [3.8, 4) is 0 Å². The minimum absolute atomic E-state index is 0.106. The second-order valence-corrected chi connectivity index (χ2v) is 6.86. The summed E-state index contributed by atoms with van der Waals surface area (Å²) in [7, 11) is 2.11. The predicted molar refractivity (Wildman–Crippen MR) is 94.9 cm³/mol. The van der Waals surface area contributed by atoms with E-state index in [1.165, 1.54) is 36.6 Å². The highest BCUT2D eigenvalue weighted by Gasteiger charge is 2.18. The monoisotopic (exact) mass is 346 g/mol. The average molecular weight is 346 g/mol. The van der Waals surface area contributed by atoms with Gasteiger partial charge in [-0.25, -0.2) is 4.98 Å². The van der Waals surface area contributed by atoms with E-state index in [-0.39, 0.29) is 23.1 Å². The van der Waals surface area contributed by atoms with Gasteiger partial charge in [-0.3, -0.25) is 14.7 Å². The first-order valence-corrected chi connectivity index (χ1v) is 8.92. The van der Waals surface area contributed by atoms with Gasteiger partial charge in [0.05, 0.1) is 0 Å². The SMILES string of the molecule is Cc1nc2nc(C(=O)NCCN(C)C3CCCCC3)[nH]n2c(=O)c1C. The predicted octanol–water partition coefficient (Wildman–Crippen LogP) is 1.03. The zero-order valence-electron chi connectivity index (χ0n) is 15.1. The maximum Gasteiger partial charge on any atom is 0.288 e. The molecule has 1 amide bonds. The van der Waals surface area contributed by atoms with E-state index in [4.69, 9.17) is 0 Å². The van der Waals surface area contributed by atoms with Gasteiger partial charge < -0.3 is 10.2 Å². The average Bonchev–Trinajstić information content (AvgIpc) is 3.04. The van der Waals surface area contributed by atoms with Gasteiger partial charge in [0.2, 0.25) is 5.82 Å². The van der Waals surface area contributed by atoms with Crippen molar-refractivity contribution in [1.82, 2.24) is 29.8 Å². The fourth-order valence-electron chi connectivity index (χ4n) is 3.34. The minimum Gasteiger partial charge on any atom is -0.348 e. The van der Waals surface area contributed by atoms with Crippen LogP contribution in [0.2, 0.25) is 0 Å². The quantitative estimate of drug-likeness (QED) is 0.843. The first-order chi connectivity index (χ1) is 12.0. The number of aromatic amines is 1. The third-order valence-electron chi connectivity index (χ3n) is 5.13. The van der Waals surface area contributed by atoms with E-state index in [9.17, 15) is 9.59 Å². The molecule has 0 unspecified atom stereocenters. The summed E-state index contributed by atoms with van der Waals surface area (Å²) in [5, 5.41) is 5.60. The Balaban J connectivity index is 1.60. The van der Waals surface area contributed by atoms with Crippen molar-refractivity contribution in [2.75, 3.05) is 20.1 Å². The maximum absolute atomic E-state index is 12.3. The van der Waals surface area contributed by atoms with Gasteiger partial charge in [0.15, 0.2) is 0 Å². The number of carbonyl (C=O) groups excluding carboxylic acids is 1. The highest BCUT2D eigenvalue weighted by atomic mass is 16.2. The lowest BCUT2D eigenvalue weighted by atomic mass is 9.94. The maximum atomic E-state index is 12.3. The number of aryl methyl sites for hydroxylation is 1. The largest absolute Gasteiger partial charge is 0.348 e. The molecule has 1 aliphatic carbocycles. The fourth-order valence-corrected chi connectivity index (χ4v) is 3.34. The van der Waals surface area contributed by atoms with Gasteiger partial charge in [-0.1, -0.05) is 19.3 Å².